The highest BCUT2D eigenvalue weighted by Gasteiger charge is 2.27. The molecule has 162 valence electrons. The number of piperazine rings is 1. The number of aromatic nitrogens is 1. The van der Waals surface area contributed by atoms with Crippen LogP contribution in [0.25, 0.3) is 0 Å². The molecule has 4 rings (SSSR count). The average molecular weight is 470 g/mol. The van der Waals surface area contributed by atoms with Gasteiger partial charge in [-0.2, -0.15) is 4.31 Å². The van der Waals surface area contributed by atoms with Crippen molar-refractivity contribution in [2.45, 2.75) is 22.1 Å². The maximum absolute atomic E-state index is 12.8. The van der Waals surface area contributed by atoms with Gasteiger partial charge in [-0.25, -0.2) is 13.4 Å². The fraction of sp³-hybridized carbons (Fsp3) is 0.450. The lowest BCUT2D eigenvalue weighted by atomic mass is 10.2. The number of nitrogens with zero attached hydrogens (tertiary/aromatic N) is 3. The molecule has 2 aliphatic heterocycles. The first-order valence-corrected chi connectivity index (χ1v) is 12.6. The molecule has 0 atom stereocenters. The average Bonchev–Trinajstić information content (AvgIpc) is 2.99. The van der Waals surface area contributed by atoms with Crippen molar-refractivity contribution in [3.05, 3.63) is 41.0 Å². The molecule has 30 heavy (non-hydrogen) atoms. The van der Waals surface area contributed by atoms with Gasteiger partial charge in [-0.05, 0) is 36.9 Å². The summed E-state index contributed by atoms with van der Waals surface area (Å²) in [5.41, 5.74) is 0.991. The van der Waals surface area contributed by atoms with Crippen molar-refractivity contribution in [2.75, 3.05) is 46.4 Å². The molecule has 0 aliphatic carbocycles. The third kappa shape index (κ3) is 4.86. The van der Waals surface area contributed by atoms with E-state index in [1.54, 1.807) is 12.1 Å². The van der Waals surface area contributed by atoms with Crippen LogP contribution in [0.15, 0.2) is 40.4 Å². The Labute approximate surface area is 186 Å². The van der Waals surface area contributed by atoms with Gasteiger partial charge in [0.1, 0.15) is 4.90 Å². The molecule has 3 heterocycles. The second-order valence-electron chi connectivity index (χ2n) is 7.28. The summed E-state index contributed by atoms with van der Waals surface area (Å²) in [4.78, 5) is 6.70. The topological polar surface area (TPSA) is 72.0 Å². The number of halogens is 1. The monoisotopic (exact) mass is 469 g/mol. The van der Waals surface area contributed by atoms with Crippen molar-refractivity contribution >= 4 is 33.4 Å². The number of benzene rings is 1. The quantitative estimate of drug-likeness (QED) is 0.623. The molecule has 10 heteroatoms. The lowest BCUT2D eigenvalue weighted by Crippen LogP contribution is -2.47. The number of pyridine rings is 1. The van der Waals surface area contributed by atoms with Crippen LogP contribution in [0.4, 0.5) is 0 Å². The summed E-state index contributed by atoms with van der Waals surface area (Å²) in [6, 6.07) is 7.18. The molecule has 0 radical (unpaired) electrons. The van der Waals surface area contributed by atoms with E-state index in [4.69, 9.17) is 21.1 Å². The zero-order valence-electron chi connectivity index (χ0n) is 16.7. The fourth-order valence-corrected chi connectivity index (χ4v) is 5.74. The van der Waals surface area contributed by atoms with Gasteiger partial charge < -0.3 is 14.4 Å². The lowest BCUT2D eigenvalue weighted by Gasteiger charge is -2.31. The molecule has 1 aromatic carbocycles. The molecule has 0 saturated carbocycles. The first-order valence-electron chi connectivity index (χ1n) is 9.79. The van der Waals surface area contributed by atoms with Crippen molar-refractivity contribution < 1.29 is 17.9 Å². The molecule has 0 bridgehead atoms. The molecule has 0 amide bonds. The second kappa shape index (κ2) is 9.32. The summed E-state index contributed by atoms with van der Waals surface area (Å²) in [6.07, 6.45) is 2.26. The van der Waals surface area contributed by atoms with E-state index < -0.39 is 10.0 Å². The minimum Gasteiger partial charge on any atom is -0.489 e. The van der Waals surface area contributed by atoms with Crippen LogP contribution in [-0.4, -0.2) is 69.0 Å². The molecule has 0 unspecified atom stereocenters. The van der Waals surface area contributed by atoms with Gasteiger partial charge >= 0.3 is 0 Å². The number of ether oxygens (including phenoxy) is 2. The van der Waals surface area contributed by atoms with E-state index in [0.717, 1.165) is 30.1 Å². The highest BCUT2D eigenvalue weighted by atomic mass is 35.5. The van der Waals surface area contributed by atoms with Crippen LogP contribution in [0.2, 0.25) is 5.02 Å². The summed E-state index contributed by atoms with van der Waals surface area (Å²) >= 11 is 7.86. The maximum Gasteiger partial charge on any atom is 0.244 e. The first kappa shape index (κ1) is 21.7. The number of thioether (sulfide) groups is 1. The van der Waals surface area contributed by atoms with Crippen LogP contribution in [0.3, 0.4) is 0 Å². The van der Waals surface area contributed by atoms with Gasteiger partial charge in [0.05, 0.1) is 23.3 Å². The van der Waals surface area contributed by atoms with Crippen molar-refractivity contribution in [3.8, 4) is 11.5 Å². The fourth-order valence-electron chi connectivity index (χ4n) is 3.31. The Balaban J connectivity index is 1.42. The number of hydrogen-bond donors (Lipinski definition) is 0. The van der Waals surface area contributed by atoms with E-state index in [9.17, 15) is 8.42 Å². The van der Waals surface area contributed by atoms with Gasteiger partial charge in [-0.3, -0.25) is 0 Å². The van der Waals surface area contributed by atoms with Gasteiger partial charge in [0.25, 0.3) is 0 Å². The third-order valence-corrected chi connectivity index (χ3v) is 8.24. The van der Waals surface area contributed by atoms with Crippen LogP contribution >= 0.6 is 23.4 Å². The zero-order valence-corrected chi connectivity index (χ0v) is 19.1. The smallest absolute Gasteiger partial charge is 0.244 e. The standard InChI is InChI=1S/C20H24ClN3O4S2/c1-23-5-7-24(8-6-23)30(25,26)16-3-4-19(22-13-16)29-14-15-11-17(21)20-18(12-15)27-9-2-10-28-20/h3-4,11-13H,2,5-10,14H2,1H3. The van der Waals surface area contributed by atoms with Crippen molar-refractivity contribution in [3.63, 3.8) is 0 Å². The van der Waals surface area contributed by atoms with Crippen molar-refractivity contribution in [1.82, 2.24) is 14.2 Å². The predicted octanol–water partition coefficient (Wildman–Crippen LogP) is 3.12. The molecule has 0 N–H and O–H groups in total. The lowest BCUT2D eigenvalue weighted by molar-refractivity contribution is 0.222. The predicted molar refractivity (Wildman–Crippen MR) is 117 cm³/mol. The molecule has 2 aliphatic rings. The number of hydrogen-bond acceptors (Lipinski definition) is 7. The van der Waals surface area contributed by atoms with E-state index in [-0.39, 0.29) is 4.90 Å². The van der Waals surface area contributed by atoms with Crippen molar-refractivity contribution in [2.24, 2.45) is 0 Å². The molecule has 1 aromatic heterocycles. The normalized spacial score (nSPS) is 18.2. The van der Waals surface area contributed by atoms with Crippen molar-refractivity contribution in [1.29, 1.82) is 0 Å². The Bertz CT molecular complexity index is 994. The van der Waals surface area contributed by atoms with Crippen LogP contribution in [0.1, 0.15) is 12.0 Å². The summed E-state index contributed by atoms with van der Waals surface area (Å²) in [7, 11) is -1.51. The number of sulfonamides is 1. The van der Waals surface area contributed by atoms with Crippen LogP contribution in [0, 0.1) is 0 Å². The third-order valence-electron chi connectivity index (χ3n) is 5.06. The maximum atomic E-state index is 12.8. The van der Waals surface area contributed by atoms with E-state index >= 15 is 0 Å². The Morgan fingerprint density at radius 2 is 1.90 bits per heavy atom. The van der Waals surface area contributed by atoms with Gasteiger partial charge in [-0.15, -0.1) is 11.8 Å². The highest BCUT2D eigenvalue weighted by Crippen LogP contribution is 2.39. The molecular formula is C20H24ClN3O4S2. The molecule has 1 saturated heterocycles. The number of likely N-dealkylation sites (N-methyl/N-ethyl adjacent to an activating group) is 1. The van der Waals surface area contributed by atoms with Gasteiger partial charge in [-0.1, -0.05) is 11.6 Å². The first-order chi connectivity index (χ1) is 14.4. The summed E-state index contributed by atoms with van der Waals surface area (Å²) < 4.78 is 38.5. The molecule has 2 aromatic rings. The van der Waals surface area contributed by atoms with Crippen LogP contribution in [-0.2, 0) is 15.8 Å². The van der Waals surface area contributed by atoms with Gasteiger partial charge in [0.15, 0.2) is 11.5 Å². The molecule has 0 spiro atoms. The number of rotatable bonds is 5. The van der Waals surface area contributed by atoms with E-state index in [0.29, 0.717) is 48.6 Å². The van der Waals surface area contributed by atoms with Gasteiger partial charge in [0.2, 0.25) is 10.0 Å². The summed E-state index contributed by atoms with van der Waals surface area (Å²) in [5.74, 6) is 1.89. The minimum atomic E-state index is -3.50. The minimum absolute atomic E-state index is 0.232. The van der Waals surface area contributed by atoms with Gasteiger partial charge in [0, 0.05) is 44.5 Å². The van der Waals surface area contributed by atoms with Crippen LogP contribution in [0.5, 0.6) is 11.5 Å². The van der Waals surface area contributed by atoms with E-state index in [1.165, 1.54) is 22.3 Å². The Kier molecular flexibility index (Phi) is 6.74. The Hall–Kier alpha value is -1.52. The Morgan fingerprint density at radius 3 is 2.63 bits per heavy atom. The van der Waals surface area contributed by atoms with Crippen LogP contribution < -0.4 is 9.47 Å². The molecule has 7 nitrogen and oxygen atoms in total. The van der Waals surface area contributed by atoms with E-state index in [2.05, 4.69) is 9.88 Å². The largest absolute Gasteiger partial charge is 0.489 e. The highest BCUT2D eigenvalue weighted by molar-refractivity contribution is 7.98. The number of fused-ring (bicyclic) bond motifs is 1. The Morgan fingerprint density at radius 1 is 1.13 bits per heavy atom. The van der Waals surface area contributed by atoms with E-state index in [1.807, 2.05) is 19.2 Å². The molecule has 1 fully saturated rings. The second-order valence-corrected chi connectivity index (χ2v) is 10.6. The summed E-state index contributed by atoms with van der Waals surface area (Å²) in [6.45, 7) is 3.66. The zero-order chi connectivity index (χ0) is 21.1. The SMILES string of the molecule is CN1CCN(S(=O)(=O)c2ccc(SCc3cc(Cl)c4c(c3)OCCCO4)nc2)CC1. The molecular weight excluding hydrogens is 446 g/mol. The summed E-state index contributed by atoms with van der Waals surface area (Å²) in [5, 5.41) is 1.28.